The topological polar surface area (TPSA) is 58.6 Å². The maximum absolute atomic E-state index is 11.3. The number of rotatable bonds is 7. The first-order chi connectivity index (χ1) is 11.4. The minimum atomic E-state index is -1.08. The van der Waals surface area contributed by atoms with E-state index in [2.05, 4.69) is 11.4 Å². The summed E-state index contributed by atoms with van der Waals surface area (Å²) in [5.41, 5.74) is 2.74. The number of ether oxygens (including phenoxy) is 1. The van der Waals surface area contributed by atoms with Gasteiger partial charge in [-0.2, -0.15) is 0 Å². The molecule has 2 aromatic carbocycles. The molecule has 0 radical (unpaired) electrons. The fourth-order valence-electron chi connectivity index (χ4n) is 2.41. The quantitative estimate of drug-likeness (QED) is 0.661. The number of anilines is 1. The number of nitrogens with one attached hydrogen (secondary N) is 1. The van der Waals surface area contributed by atoms with Crippen LogP contribution in [-0.2, 0) is 0 Å². The highest BCUT2D eigenvalue weighted by atomic mass is 35.5. The summed E-state index contributed by atoms with van der Waals surface area (Å²) in [6.07, 6.45) is 0.699. The number of carbonyl (C=O) groups is 1. The lowest BCUT2D eigenvalue weighted by Gasteiger charge is -2.13. The van der Waals surface area contributed by atoms with Crippen LogP contribution in [0.1, 0.15) is 27.9 Å². The molecule has 2 rings (SSSR count). The highest BCUT2D eigenvalue weighted by Gasteiger charge is 2.14. The summed E-state index contributed by atoms with van der Waals surface area (Å²) >= 11 is 11.9. The molecule has 0 aliphatic heterocycles. The van der Waals surface area contributed by atoms with Gasteiger partial charge in [0.1, 0.15) is 5.75 Å². The van der Waals surface area contributed by atoms with Crippen molar-refractivity contribution in [3.05, 3.63) is 57.1 Å². The zero-order valence-electron chi connectivity index (χ0n) is 13.5. The van der Waals surface area contributed by atoms with Crippen LogP contribution in [0.4, 0.5) is 5.69 Å². The number of aryl methyl sites for hydroxylation is 2. The third-order valence-corrected chi connectivity index (χ3v) is 3.89. The van der Waals surface area contributed by atoms with Crippen LogP contribution in [-0.4, -0.2) is 24.2 Å². The van der Waals surface area contributed by atoms with E-state index in [1.807, 2.05) is 26.0 Å². The Morgan fingerprint density at radius 3 is 2.42 bits per heavy atom. The average Bonchev–Trinajstić information content (AvgIpc) is 2.47. The Hall–Kier alpha value is -1.91. The van der Waals surface area contributed by atoms with Crippen LogP contribution in [0.15, 0.2) is 30.3 Å². The molecule has 0 aliphatic carbocycles. The van der Waals surface area contributed by atoms with Gasteiger partial charge in [0.05, 0.1) is 22.9 Å². The molecule has 2 aromatic rings. The molecule has 0 fully saturated rings. The third kappa shape index (κ3) is 5.05. The van der Waals surface area contributed by atoms with Gasteiger partial charge in [0.15, 0.2) is 0 Å². The maximum Gasteiger partial charge on any atom is 0.337 e. The van der Waals surface area contributed by atoms with Gasteiger partial charge in [-0.25, -0.2) is 4.79 Å². The number of carboxylic acid groups (broad SMARTS) is 1. The number of hydrogen-bond donors (Lipinski definition) is 2. The number of hydrogen-bond acceptors (Lipinski definition) is 3. The standard InChI is InChI=1S/C18H19Cl2NO3/c1-11-6-12(2)8-14(7-11)24-5-3-4-21-17-15(18(22)23)9-13(19)10-16(17)20/h6-10,21H,3-5H2,1-2H3,(H,22,23). The minimum Gasteiger partial charge on any atom is -0.494 e. The normalized spacial score (nSPS) is 10.5. The van der Waals surface area contributed by atoms with Gasteiger partial charge < -0.3 is 15.2 Å². The molecule has 0 spiro atoms. The first-order valence-electron chi connectivity index (χ1n) is 7.54. The predicted octanol–water partition coefficient (Wildman–Crippen LogP) is 5.19. The molecule has 4 nitrogen and oxygen atoms in total. The van der Waals surface area contributed by atoms with E-state index in [4.69, 9.17) is 27.9 Å². The van der Waals surface area contributed by atoms with E-state index >= 15 is 0 Å². The molecule has 24 heavy (non-hydrogen) atoms. The highest BCUT2D eigenvalue weighted by Crippen LogP contribution is 2.30. The zero-order chi connectivity index (χ0) is 17.7. The van der Waals surface area contributed by atoms with Crippen molar-refractivity contribution in [2.45, 2.75) is 20.3 Å². The molecule has 0 atom stereocenters. The van der Waals surface area contributed by atoms with E-state index < -0.39 is 5.97 Å². The molecule has 6 heteroatoms. The molecule has 2 N–H and O–H groups in total. The van der Waals surface area contributed by atoms with E-state index in [1.54, 1.807) is 0 Å². The molecular formula is C18H19Cl2NO3. The Morgan fingerprint density at radius 1 is 1.12 bits per heavy atom. The van der Waals surface area contributed by atoms with Crippen molar-refractivity contribution in [1.29, 1.82) is 0 Å². The van der Waals surface area contributed by atoms with Crippen molar-refractivity contribution in [3.63, 3.8) is 0 Å². The van der Waals surface area contributed by atoms with Crippen LogP contribution >= 0.6 is 23.2 Å². The van der Waals surface area contributed by atoms with Crippen LogP contribution in [0.5, 0.6) is 5.75 Å². The number of carboxylic acids is 1. The van der Waals surface area contributed by atoms with Crippen molar-refractivity contribution >= 4 is 34.9 Å². The third-order valence-electron chi connectivity index (χ3n) is 3.37. The van der Waals surface area contributed by atoms with E-state index in [0.29, 0.717) is 30.3 Å². The van der Waals surface area contributed by atoms with Crippen LogP contribution in [0.25, 0.3) is 0 Å². The van der Waals surface area contributed by atoms with Crippen LogP contribution in [0, 0.1) is 13.8 Å². The van der Waals surface area contributed by atoms with Gasteiger partial charge >= 0.3 is 5.97 Å². The second-order valence-electron chi connectivity index (χ2n) is 5.57. The number of halogens is 2. The Balaban J connectivity index is 1.90. The molecule has 0 unspecified atom stereocenters. The first-order valence-corrected chi connectivity index (χ1v) is 8.29. The van der Waals surface area contributed by atoms with Crippen molar-refractivity contribution < 1.29 is 14.6 Å². The van der Waals surface area contributed by atoms with E-state index in [-0.39, 0.29) is 10.6 Å². The Kier molecular flexibility index (Phi) is 6.35. The van der Waals surface area contributed by atoms with Gasteiger partial charge in [0.2, 0.25) is 0 Å². The number of aromatic carboxylic acids is 1. The molecule has 0 aliphatic rings. The van der Waals surface area contributed by atoms with Crippen LogP contribution < -0.4 is 10.1 Å². The summed E-state index contributed by atoms with van der Waals surface area (Å²) in [6, 6.07) is 8.95. The number of benzene rings is 2. The average molecular weight is 368 g/mol. The molecule has 0 saturated carbocycles. The van der Waals surface area contributed by atoms with Gasteiger partial charge in [0.25, 0.3) is 0 Å². The minimum absolute atomic E-state index is 0.0581. The van der Waals surface area contributed by atoms with E-state index in [1.165, 1.54) is 12.1 Å². The van der Waals surface area contributed by atoms with Crippen molar-refractivity contribution in [2.24, 2.45) is 0 Å². The molecule has 0 bridgehead atoms. The second-order valence-corrected chi connectivity index (χ2v) is 6.41. The van der Waals surface area contributed by atoms with Crippen molar-refractivity contribution in [3.8, 4) is 5.75 Å². The zero-order valence-corrected chi connectivity index (χ0v) is 15.0. The van der Waals surface area contributed by atoms with Crippen LogP contribution in [0.3, 0.4) is 0 Å². The van der Waals surface area contributed by atoms with Crippen molar-refractivity contribution in [1.82, 2.24) is 0 Å². The highest BCUT2D eigenvalue weighted by molar-refractivity contribution is 6.37. The predicted molar refractivity (Wildman–Crippen MR) is 97.9 cm³/mol. The van der Waals surface area contributed by atoms with Gasteiger partial charge in [-0.3, -0.25) is 0 Å². The largest absolute Gasteiger partial charge is 0.494 e. The summed E-state index contributed by atoms with van der Waals surface area (Å²) < 4.78 is 5.72. The fourth-order valence-corrected chi connectivity index (χ4v) is 2.97. The lowest BCUT2D eigenvalue weighted by molar-refractivity contribution is 0.0698. The molecule has 0 saturated heterocycles. The summed E-state index contributed by atoms with van der Waals surface area (Å²) in [5.74, 6) is -0.239. The summed E-state index contributed by atoms with van der Waals surface area (Å²) in [7, 11) is 0. The van der Waals surface area contributed by atoms with Gasteiger partial charge in [-0.15, -0.1) is 0 Å². The van der Waals surface area contributed by atoms with Gasteiger partial charge in [-0.05, 0) is 55.7 Å². The fraction of sp³-hybridized carbons (Fsp3) is 0.278. The van der Waals surface area contributed by atoms with Crippen LogP contribution in [0.2, 0.25) is 10.0 Å². The van der Waals surface area contributed by atoms with Gasteiger partial charge in [-0.1, -0.05) is 29.3 Å². The van der Waals surface area contributed by atoms with Gasteiger partial charge in [0, 0.05) is 11.6 Å². The summed E-state index contributed by atoms with van der Waals surface area (Å²) in [4.78, 5) is 11.3. The SMILES string of the molecule is Cc1cc(C)cc(OCCCNc2c(Cl)cc(Cl)cc2C(=O)O)c1. The maximum atomic E-state index is 11.3. The monoisotopic (exact) mass is 367 g/mol. The molecule has 128 valence electrons. The second kappa shape index (κ2) is 8.27. The smallest absolute Gasteiger partial charge is 0.337 e. The Bertz CT molecular complexity index is 727. The summed E-state index contributed by atoms with van der Waals surface area (Å²) in [6.45, 7) is 5.10. The lowest BCUT2D eigenvalue weighted by atomic mass is 10.1. The molecule has 0 amide bonds. The van der Waals surface area contributed by atoms with E-state index in [9.17, 15) is 9.90 Å². The lowest BCUT2D eigenvalue weighted by Crippen LogP contribution is -2.11. The summed E-state index contributed by atoms with van der Waals surface area (Å²) in [5, 5.41) is 12.9. The van der Waals surface area contributed by atoms with E-state index in [0.717, 1.165) is 16.9 Å². The molecular weight excluding hydrogens is 349 g/mol. The Labute approximate surface area is 151 Å². The molecule has 0 aromatic heterocycles. The van der Waals surface area contributed by atoms with Crippen molar-refractivity contribution in [2.75, 3.05) is 18.5 Å². The first kappa shape index (κ1) is 18.4. The Morgan fingerprint density at radius 2 is 1.79 bits per heavy atom. The molecule has 0 heterocycles.